The highest BCUT2D eigenvalue weighted by Gasteiger charge is 2.63. The summed E-state index contributed by atoms with van der Waals surface area (Å²) in [6.45, 7) is 19.2. The van der Waals surface area contributed by atoms with E-state index in [2.05, 4.69) is 12.1 Å². The second-order valence-corrected chi connectivity index (χ2v) is 20.3. The van der Waals surface area contributed by atoms with Crippen molar-refractivity contribution in [2.24, 2.45) is 46.6 Å². The van der Waals surface area contributed by atoms with Crippen molar-refractivity contribution in [2.45, 2.75) is 206 Å². The maximum atomic E-state index is 14.7. The van der Waals surface area contributed by atoms with Crippen molar-refractivity contribution in [1.29, 1.82) is 0 Å². The average Bonchev–Trinajstić information content (AvgIpc) is 3.60. The molecule has 0 bridgehead atoms. The molecule has 0 amide bonds. The number of hydrogen-bond acceptors (Lipinski definition) is 11. The third kappa shape index (κ3) is 10.4. The number of benzene rings is 1. The molecular formula is C50H74F3NO11. The first-order valence-electron chi connectivity index (χ1n) is 24.1. The van der Waals surface area contributed by atoms with Crippen LogP contribution in [-0.2, 0) is 50.9 Å². The van der Waals surface area contributed by atoms with Gasteiger partial charge in [-0.2, -0.15) is 13.2 Å². The molecule has 366 valence electrons. The summed E-state index contributed by atoms with van der Waals surface area (Å²) in [5.41, 5.74) is -1.82. The van der Waals surface area contributed by atoms with Gasteiger partial charge in [-0.15, -0.1) is 0 Å². The SMILES string of the molecule is CCC(C(=O)O)[C@H]1CC[C@H](C)[C@H]([C@@H](C)[C@H](O)[C@H](C)C(=O)[C@H](CC)[C@H]2O[C@]3(C=C/C(=N\OCc4ccc(C(F)(F)F)cc4)[C@]4(CC[C@@](C)([C@H]5CC[C@](O)(CC)[C@H](C)O5)O4)O3)[C@H](C)C[C@@H]2C)O1. The highest BCUT2D eigenvalue weighted by atomic mass is 19.4. The van der Waals surface area contributed by atoms with E-state index in [0.717, 1.165) is 18.6 Å². The van der Waals surface area contributed by atoms with Crippen LogP contribution < -0.4 is 0 Å². The molecule has 0 radical (unpaired) electrons. The fourth-order valence-corrected chi connectivity index (χ4v) is 11.4. The second kappa shape index (κ2) is 20.0. The van der Waals surface area contributed by atoms with Crippen molar-refractivity contribution in [2.75, 3.05) is 0 Å². The van der Waals surface area contributed by atoms with E-state index in [-0.39, 0.29) is 30.1 Å². The van der Waals surface area contributed by atoms with Gasteiger partial charge in [0.25, 0.3) is 0 Å². The molecule has 1 unspecified atom stereocenters. The Bertz CT molecular complexity index is 1880. The lowest BCUT2D eigenvalue weighted by Gasteiger charge is -2.53. The Labute approximate surface area is 383 Å². The van der Waals surface area contributed by atoms with Gasteiger partial charge in [-0.05, 0) is 113 Å². The number of aliphatic hydroxyl groups excluding tert-OH is 1. The van der Waals surface area contributed by atoms with E-state index in [1.807, 2.05) is 55.4 Å². The van der Waals surface area contributed by atoms with Crippen molar-refractivity contribution >= 4 is 17.5 Å². The number of oxime groups is 1. The number of halogens is 3. The van der Waals surface area contributed by atoms with Crippen LogP contribution in [0.5, 0.6) is 0 Å². The van der Waals surface area contributed by atoms with E-state index in [0.29, 0.717) is 69.1 Å². The summed E-state index contributed by atoms with van der Waals surface area (Å²) in [5, 5.41) is 37.4. The van der Waals surface area contributed by atoms with Crippen molar-refractivity contribution in [3.05, 3.63) is 47.5 Å². The Balaban J connectivity index is 1.25. The molecule has 5 heterocycles. The van der Waals surface area contributed by atoms with Crippen LogP contribution in [0.1, 0.15) is 145 Å². The van der Waals surface area contributed by atoms with Gasteiger partial charge in [0.15, 0.2) is 5.79 Å². The molecule has 1 aromatic rings. The smallest absolute Gasteiger partial charge is 0.416 e. The van der Waals surface area contributed by atoms with E-state index >= 15 is 0 Å². The fourth-order valence-electron chi connectivity index (χ4n) is 11.4. The summed E-state index contributed by atoms with van der Waals surface area (Å²) in [5.74, 6) is -6.64. The van der Waals surface area contributed by atoms with Gasteiger partial charge >= 0.3 is 12.1 Å². The van der Waals surface area contributed by atoms with E-state index in [4.69, 9.17) is 28.5 Å². The van der Waals surface area contributed by atoms with Crippen molar-refractivity contribution in [3.8, 4) is 0 Å². The normalized spacial score (nSPS) is 39.5. The number of nitrogens with zero attached hydrogens (tertiary/aromatic N) is 1. The Morgan fingerprint density at radius 3 is 2.18 bits per heavy atom. The number of ketones is 1. The molecule has 4 saturated heterocycles. The molecule has 3 N–H and O–H groups in total. The minimum absolute atomic E-state index is 0.0630. The molecule has 12 nitrogen and oxygen atoms in total. The summed E-state index contributed by atoms with van der Waals surface area (Å²) in [7, 11) is 0. The maximum absolute atomic E-state index is 14.7. The van der Waals surface area contributed by atoms with Gasteiger partial charge < -0.3 is 43.8 Å². The maximum Gasteiger partial charge on any atom is 0.416 e. The number of carbonyl (C=O) groups is 2. The minimum Gasteiger partial charge on any atom is -0.481 e. The van der Waals surface area contributed by atoms with E-state index in [9.17, 15) is 38.1 Å². The van der Waals surface area contributed by atoms with Crippen LogP contribution in [0.2, 0.25) is 0 Å². The molecule has 1 aromatic carbocycles. The summed E-state index contributed by atoms with van der Waals surface area (Å²) >= 11 is 0. The zero-order valence-electron chi connectivity index (χ0n) is 39.9. The van der Waals surface area contributed by atoms with Gasteiger partial charge in [-0.25, -0.2) is 0 Å². The number of carboxylic acids is 1. The number of Topliss-reactive ketones (excluding diaryl/α,β-unsaturated/α-hetero) is 1. The number of hydrogen-bond donors (Lipinski definition) is 3. The third-order valence-electron chi connectivity index (χ3n) is 16.0. The number of carboxylic acid groups (broad SMARTS) is 1. The predicted molar refractivity (Wildman–Crippen MR) is 236 cm³/mol. The fraction of sp³-hybridized carbons (Fsp3) is 0.780. The molecule has 2 spiro atoms. The van der Waals surface area contributed by atoms with Gasteiger partial charge in [0.2, 0.25) is 5.79 Å². The number of ether oxygens (including phenoxy) is 5. The Kier molecular flexibility index (Phi) is 15.8. The zero-order valence-corrected chi connectivity index (χ0v) is 39.9. The standard InChI is InChI=1S/C50H74F3NO11/c1-11-36(45(57)58)38-19-14-28(4)43(62-38)32(8)41(55)31(7)42(56)37(12-2)44-29(5)26-30(6)48(63-44)23-20-39(54-60-27-34-15-17-35(18-16-34)50(51,52)53)49(65-48)25-24-46(10,64-49)40-21-22-47(59,13-3)33(9)61-40/h15-18,20,23,28-33,36-38,40-41,43-44,55,59H,11-14,19,21-22,24-27H2,1-10H3,(H,57,58)/b54-39+/t28-,29-,30+,31-,32-,33-,36?,37-,38+,40+,41+,43+,44-,46-,47+,48-,49-/m0/s1. The zero-order chi connectivity index (χ0) is 47.9. The Hall–Kier alpha value is -2.92. The lowest BCUT2D eigenvalue weighted by molar-refractivity contribution is -0.371. The van der Waals surface area contributed by atoms with E-state index in [1.165, 1.54) is 12.1 Å². The highest BCUT2D eigenvalue weighted by molar-refractivity contribution is 6.01. The molecule has 5 aliphatic rings. The number of aliphatic hydroxyl groups is 2. The number of carbonyl (C=O) groups excluding carboxylic acids is 1. The summed E-state index contributed by atoms with van der Waals surface area (Å²) in [6.07, 6.45) is 0.994. The first-order valence-corrected chi connectivity index (χ1v) is 24.1. The second-order valence-electron chi connectivity index (χ2n) is 20.3. The third-order valence-corrected chi connectivity index (χ3v) is 16.0. The van der Waals surface area contributed by atoms with Crippen LogP contribution in [-0.4, -0.2) is 92.2 Å². The van der Waals surface area contributed by atoms with E-state index < -0.39 is 101 Å². The van der Waals surface area contributed by atoms with Crippen LogP contribution in [0, 0.1) is 41.4 Å². The van der Waals surface area contributed by atoms with Crippen LogP contribution >= 0.6 is 0 Å². The van der Waals surface area contributed by atoms with Crippen molar-refractivity contribution in [3.63, 3.8) is 0 Å². The molecule has 15 heteroatoms. The number of rotatable bonds is 15. The van der Waals surface area contributed by atoms with Crippen LogP contribution in [0.3, 0.4) is 0 Å². The van der Waals surface area contributed by atoms with E-state index in [1.54, 1.807) is 19.1 Å². The average molecular weight is 922 g/mol. The molecule has 17 atom stereocenters. The predicted octanol–water partition coefficient (Wildman–Crippen LogP) is 9.42. The van der Waals surface area contributed by atoms with Gasteiger partial charge in [0.05, 0.1) is 59.3 Å². The first kappa shape index (κ1) is 51.5. The largest absolute Gasteiger partial charge is 0.481 e. The molecule has 6 rings (SSSR count). The first-order chi connectivity index (χ1) is 30.5. The summed E-state index contributed by atoms with van der Waals surface area (Å²) < 4.78 is 74.0. The highest BCUT2D eigenvalue weighted by Crippen LogP contribution is 2.53. The van der Waals surface area contributed by atoms with Crippen LogP contribution in [0.4, 0.5) is 13.2 Å². The quantitative estimate of drug-likeness (QED) is 0.144. The molecule has 0 aliphatic carbocycles. The topological polar surface area (TPSA) is 163 Å². The lowest BCUT2D eigenvalue weighted by Crippen LogP contribution is -2.62. The molecule has 4 fully saturated rings. The van der Waals surface area contributed by atoms with Crippen LogP contribution in [0.25, 0.3) is 0 Å². The van der Waals surface area contributed by atoms with Gasteiger partial charge in [0.1, 0.15) is 18.1 Å². The minimum atomic E-state index is -4.47. The molecule has 65 heavy (non-hydrogen) atoms. The summed E-state index contributed by atoms with van der Waals surface area (Å²) in [6, 6.07) is 4.69. The van der Waals surface area contributed by atoms with Gasteiger partial charge in [0, 0.05) is 30.1 Å². The van der Waals surface area contributed by atoms with Crippen LogP contribution in [0.15, 0.2) is 41.6 Å². The molecule has 0 aromatic heterocycles. The molecule has 5 aliphatic heterocycles. The number of aliphatic carboxylic acids is 1. The molecular weight excluding hydrogens is 848 g/mol. The Morgan fingerprint density at radius 1 is 0.908 bits per heavy atom. The molecule has 0 saturated carbocycles. The summed E-state index contributed by atoms with van der Waals surface area (Å²) in [4.78, 5) is 32.5. The Morgan fingerprint density at radius 2 is 1.58 bits per heavy atom. The lowest BCUT2D eigenvalue weighted by atomic mass is 9.72. The monoisotopic (exact) mass is 922 g/mol. The van der Waals surface area contributed by atoms with Crippen molar-refractivity contribution in [1.82, 2.24) is 0 Å². The van der Waals surface area contributed by atoms with Gasteiger partial charge in [-0.3, -0.25) is 9.59 Å². The van der Waals surface area contributed by atoms with Crippen molar-refractivity contribution < 1.29 is 66.6 Å². The number of alkyl halides is 3. The van der Waals surface area contributed by atoms with Gasteiger partial charge in [-0.1, -0.05) is 72.7 Å².